The van der Waals surface area contributed by atoms with Gasteiger partial charge in [-0.05, 0) is 23.3 Å². The highest BCUT2D eigenvalue weighted by Crippen LogP contribution is 2.30. The highest BCUT2D eigenvalue weighted by atomic mass is 35.5. The molecule has 0 saturated carbocycles. The summed E-state index contributed by atoms with van der Waals surface area (Å²) in [5.74, 6) is -1.34. The fraction of sp³-hybridized carbons (Fsp3) is 0.211. The number of likely N-dealkylation sites (N-methyl/N-ethyl adjacent to an activating group) is 1. The van der Waals surface area contributed by atoms with E-state index in [9.17, 15) is 14.4 Å². The van der Waals surface area contributed by atoms with Gasteiger partial charge in [-0.1, -0.05) is 48.0 Å². The van der Waals surface area contributed by atoms with Crippen molar-refractivity contribution in [3.8, 4) is 16.9 Å². The van der Waals surface area contributed by atoms with Crippen LogP contribution in [0.15, 0.2) is 48.5 Å². The molecule has 0 aliphatic carbocycles. The third kappa shape index (κ3) is 6.63. The van der Waals surface area contributed by atoms with Crippen LogP contribution in [-0.4, -0.2) is 44.6 Å². The molecule has 0 spiro atoms. The van der Waals surface area contributed by atoms with Crippen molar-refractivity contribution >= 4 is 29.4 Å². The Morgan fingerprint density at radius 3 is 2.37 bits per heavy atom. The highest BCUT2D eigenvalue weighted by molar-refractivity contribution is 6.32. The van der Waals surface area contributed by atoms with Crippen LogP contribution in [0.25, 0.3) is 11.1 Å². The smallest absolute Gasteiger partial charge is 0.344 e. The van der Waals surface area contributed by atoms with Gasteiger partial charge in [0.1, 0.15) is 5.75 Å². The number of rotatable bonds is 8. The Morgan fingerprint density at radius 2 is 1.70 bits per heavy atom. The van der Waals surface area contributed by atoms with E-state index in [-0.39, 0.29) is 12.5 Å². The molecule has 0 heterocycles. The van der Waals surface area contributed by atoms with Gasteiger partial charge in [0, 0.05) is 7.05 Å². The molecule has 142 valence electrons. The summed E-state index contributed by atoms with van der Waals surface area (Å²) in [6.07, 6.45) is 0. The first-order chi connectivity index (χ1) is 13.0. The van der Waals surface area contributed by atoms with Gasteiger partial charge in [0.15, 0.2) is 13.2 Å². The standard InChI is InChI=1S/C19H19ClN2O5/c1-21-17(23)10-22-18(24)11-27-19(25)12-26-16-8-7-14(9-15(16)20)13-5-3-2-4-6-13/h2-9H,10-12H2,1H3,(H,21,23)(H,22,24). The Balaban J connectivity index is 1.80. The lowest BCUT2D eigenvalue weighted by Crippen LogP contribution is -2.37. The van der Waals surface area contributed by atoms with Gasteiger partial charge in [0.2, 0.25) is 5.91 Å². The monoisotopic (exact) mass is 390 g/mol. The molecule has 2 aromatic rings. The minimum atomic E-state index is -0.728. The van der Waals surface area contributed by atoms with E-state index in [0.717, 1.165) is 11.1 Å². The molecule has 0 saturated heterocycles. The molecule has 0 fully saturated rings. The van der Waals surface area contributed by atoms with E-state index in [4.69, 9.17) is 21.1 Å². The fourth-order valence-electron chi connectivity index (χ4n) is 2.07. The maximum atomic E-state index is 11.7. The highest BCUT2D eigenvalue weighted by Gasteiger charge is 2.11. The molecule has 8 heteroatoms. The Morgan fingerprint density at radius 1 is 0.963 bits per heavy atom. The molecular formula is C19H19ClN2O5. The molecule has 0 aliphatic rings. The summed E-state index contributed by atoms with van der Waals surface area (Å²) >= 11 is 6.20. The zero-order chi connectivity index (χ0) is 19.6. The van der Waals surface area contributed by atoms with E-state index in [1.54, 1.807) is 12.1 Å². The van der Waals surface area contributed by atoms with Gasteiger partial charge in [-0.2, -0.15) is 0 Å². The van der Waals surface area contributed by atoms with Crippen molar-refractivity contribution < 1.29 is 23.9 Å². The van der Waals surface area contributed by atoms with Crippen LogP contribution in [0.5, 0.6) is 5.75 Å². The van der Waals surface area contributed by atoms with Crippen LogP contribution in [0.3, 0.4) is 0 Å². The predicted molar refractivity (Wildman–Crippen MR) is 100 cm³/mol. The lowest BCUT2D eigenvalue weighted by atomic mass is 10.1. The van der Waals surface area contributed by atoms with Crippen molar-refractivity contribution in [2.45, 2.75) is 0 Å². The van der Waals surface area contributed by atoms with Crippen molar-refractivity contribution in [2.75, 3.05) is 26.8 Å². The van der Waals surface area contributed by atoms with Crippen molar-refractivity contribution in [3.63, 3.8) is 0 Å². The molecular weight excluding hydrogens is 372 g/mol. The number of benzene rings is 2. The summed E-state index contributed by atoms with van der Waals surface area (Å²) in [6.45, 7) is -1.08. The van der Waals surface area contributed by atoms with Crippen LogP contribution in [-0.2, 0) is 19.1 Å². The van der Waals surface area contributed by atoms with Gasteiger partial charge in [0.25, 0.3) is 5.91 Å². The molecule has 2 amide bonds. The van der Waals surface area contributed by atoms with Gasteiger partial charge in [0.05, 0.1) is 11.6 Å². The number of nitrogens with one attached hydrogen (secondary N) is 2. The number of carbonyl (C=O) groups excluding carboxylic acids is 3. The topological polar surface area (TPSA) is 93.7 Å². The van der Waals surface area contributed by atoms with Gasteiger partial charge in [-0.3, -0.25) is 9.59 Å². The molecule has 7 nitrogen and oxygen atoms in total. The second kappa shape index (κ2) is 10.2. The molecule has 27 heavy (non-hydrogen) atoms. The number of esters is 1. The maximum Gasteiger partial charge on any atom is 0.344 e. The molecule has 2 N–H and O–H groups in total. The SMILES string of the molecule is CNC(=O)CNC(=O)COC(=O)COc1ccc(-c2ccccc2)cc1Cl. The van der Waals surface area contributed by atoms with Gasteiger partial charge in [-0.25, -0.2) is 4.79 Å². The van der Waals surface area contributed by atoms with Crippen LogP contribution >= 0.6 is 11.6 Å². The summed E-state index contributed by atoms with van der Waals surface area (Å²) in [4.78, 5) is 34.1. The first kappa shape index (κ1) is 20.3. The summed E-state index contributed by atoms with van der Waals surface area (Å²) < 4.78 is 10.1. The van der Waals surface area contributed by atoms with Crippen molar-refractivity contribution in [2.24, 2.45) is 0 Å². The molecule has 0 bridgehead atoms. The van der Waals surface area contributed by atoms with Crippen LogP contribution < -0.4 is 15.4 Å². The van der Waals surface area contributed by atoms with E-state index in [1.165, 1.54) is 7.05 Å². The minimum Gasteiger partial charge on any atom is -0.480 e. The number of amides is 2. The van der Waals surface area contributed by atoms with Crippen LogP contribution in [0.2, 0.25) is 5.02 Å². The zero-order valence-electron chi connectivity index (χ0n) is 14.7. The van der Waals surface area contributed by atoms with Crippen LogP contribution in [0.4, 0.5) is 0 Å². The Bertz CT molecular complexity index is 811. The van der Waals surface area contributed by atoms with Crippen molar-refractivity contribution in [3.05, 3.63) is 53.6 Å². The lowest BCUT2D eigenvalue weighted by molar-refractivity contribution is -0.150. The molecule has 2 aromatic carbocycles. The average Bonchev–Trinajstić information content (AvgIpc) is 2.70. The molecule has 0 aromatic heterocycles. The fourth-order valence-corrected chi connectivity index (χ4v) is 2.31. The van der Waals surface area contributed by atoms with Crippen molar-refractivity contribution in [1.82, 2.24) is 10.6 Å². The average molecular weight is 391 g/mol. The Hall–Kier alpha value is -3.06. The molecule has 0 unspecified atom stereocenters. The first-order valence-electron chi connectivity index (χ1n) is 8.10. The zero-order valence-corrected chi connectivity index (χ0v) is 15.4. The second-order valence-corrected chi connectivity index (χ2v) is 5.82. The van der Waals surface area contributed by atoms with E-state index >= 15 is 0 Å². The maximum absolute atomic E-state index is 11.7. The summed E-state index contributed by atoms with van der Waals surface area (Å²) in [6, 6.07) is 14.9. The van der Waals surface area contributed by atoms with E-state index in [2.05, 4.69) is 10.6 Å². The first-order valence-corrected chi connectivity index (χ1v) is 8.48. The second-order valence-electron chi connectivity index (χ2n) is 5.41. The summed E-state index contributed by atoms with van der Waals surface area (Å²) in [7, 11) is 1.45. The van der Waals surface area contributed by atoms with E-state index in [0.29, 0.717) is 10.8 Å². The van der Waals surface area contributed by atoms with Gasteiger partial charge in [-0.15, -0.1) is 0 Å². The predicted octanol–water partition coefficient (Wildman–Crippen LogP) is 1.79. The number of hydrogen-bond donors (Lipinski definition) is 2. The quantitative estimate of drug-likeness (QED) is 0.670. The van der Waals surface area contributed by atoms with Gasteiger partial charge < -0.3 is 20.1 Å². The number of ether oxygens (including phenoxy) is 2. The summed E-state index contributed by atoms with van der Waals surface area (Å²) in [5, 5.41) is 5.01. The van der Waals surface area contributed by atoms with Crippen molar-refractivity contribution in [1.29, 1.82) is 0 Å². The lowest BCUT2D eigenvalue weighted by Gasteiger charge is -2.10. The summed E-state index contributed by atoms with van der Waals surface area (Å²) in [5.41, 5.74) is 1.93. The minimum absolute atomic E-state index is 0.188. The molecule has 0 radical (unpaired) electrons. The number of carbonyl (C=O) groups is 3. The van der Waals surface area contributed by atoms with Gasteiger partial charge >= 0.3 is 5.97 Å². The van der Waals surface area contributed by atoms with Crippen LogP contribution in [0.1, 0.15) is 0 Å². The Labute approximate surface area is 161 Å². The number of halogens is 1. The van der Waals surface area contributed by atoms with E-state index < -0.39 is 25.1 Å². The molecule has 0 atom stereocenters. The molecule has 0 aliphatic heterocycles. The number of hydrogen-bond acceptors (Lipinski definition) is 5. The third-order valence-electron chi connectivity index (χ3n) is 3.47. The van der Waals surface area contributed by atoms with E-state index in [1.807, 2.05) is 36.4 Å². The van der Waals surface area contributed by atoms with Crippen LogP contribution in [0, 0.1) is 0 Å². The normalized spacial score (nSPS) is 10.0. The largest absolute Gasteiger partial charge is 0.480 e. The molecule has 2 rings (SSSR count). The Kier molecular flexibility index (Phi) is 7.63. The third-order valence-corrected chi connectivity index (χ3v) is 3.77.